The average Bonchev–Trinajstić information content (AvgIpc) is 2.40. The smallest absolute Gasteiger partial charge is 0.162 e. The van der Waals surface area contributed by atoms with Gasteiger partial charge in [-0.25, -0.2) is 0 Å². The molecule has 0 atom stereocenters. The molecule has 0 amide bonds. The summed E-state index contributed by atoms with van der Waals surface area (Å²) in [6, 6.07) is 10.6. The predicted molar refractivity (Wildman–Crippen MR) is 78.4 cm³/mol. The van der Waals surface area contributed by atoms with Gasteiger partial charge in [0.2, 0.25) is 0 Å². The monoisotopic (exact) mass is 297 g/mol. The minimum Gasteiger partial charge on any atom is -0.504 e. The molecule has 100 valence electrons. The summed E-state index contributed by atoms with van der Waals surface area (Å²) in [7, 11) is 1.51. The predicted octanol–water partition coefficient (Wildman–Crippen LogP) is 4.32. The first-order valence-electron chi connectivity index (χ1n) is 5.66. The zero-order valence-electron chi connectivity index (χ0n) is 10.3. The summed E-state index contributed by atoms with van der Waals surface area (Å²) in [5, 5.41) is 14.2. The van der Waals surface area contributed by atoms with Gasteiger partial charge in [0.1, 0.15) is 0 Å². The molecule has 0 saturated carbocycles. The molecule has 3 nitrogen and oxygen atoms in total. The molecule has 0 spiro atoms. The number of phenolic OH excluding ortho intramolecular Hbond substituents is 1. The van der Waals surface area contributed by atoms with Crippen LogP contribution in [0.4, 0.5) is 5.69 Å². The SMILES string of the molecule is COc1cccc(CNc2c(Cl)cccc2Cl)c1O. The quantitative estimate of drug-likeness (QED) is 0.883. The minimum absolute atomic E-state index is 0.112. The Morgan fingerprint density at radius 2 is 1.74 bits per heavy atom. The van der Waals surface area contributed by atoms with E-state index in [-0.39, 0.29) is 5.75 Å². The average molecular weight is 298 g/mol. The Labute approximate surface area is 121 Å². The molecule has 0 aromatic heterocycles. The van der Waals surface area contributed by atoms with Gasteiger partial charge in [0.25, 0.3) is 0 Å². The number of hydrogen-bond donors (Lipinski definition) is 2. The first kappa shape index (κ1) is 13.8. The molecule has 0 radical (unpaired) electrons. The lowest BCUT2D eigenvalue weighted by molar-refractivity contribution is 0.371. The number of phenols is 1. The minimum atomic E-state index is 0.112. The lowest BCUT2D eigenvalue weighted by Gasteiger charge is -2.12. The van der Waals surface area contributed by atoms with Crippen LogP contribution >= 0.6 is 23.2 Å². The summed E-state index contributed by atoms with van der Waals surface area (Å²) in [5.41, 5.74) is 1.35. The van der Waals surface area contributed by atoms with Gasteiger partial charge < -0.3 is 15.2 Å². The molecule has 0 unspecified atom stereocenters. The third kappa shape index (κ3) is 3.06. The van der Waals surface area contributed by atoms with E-state index in [2.05, 4.69) is 5.32 Å². The van der Waals surface area contributed by atoms with Gasteiger partial charge in [-0.1, -0.05) is 41.4 Å². The molecule has 0 fully saturated rings. The number of rotatable bonds is 4. The van der Waals surface area contributed by atoms with Crippen molar-refractivity contribution >= 4 is 28.9 Å². The van der Waals surface area contributed by atoms with E-state index < -0.39 is 0 Å². The van der Waals surface area contributed by atoms with Crippen molar-refractivity contribution in [3.05, 3.63) is 52.0 Å². The maximum Gasteiger partial charge on any atom is 0.162 e. The summed E-state index contributed by atoms with van der Waals surface area (Å²) in [6.07, 6.45) is 0. The lowest BCUT2D eigenvalue weighted by atomic mass is 10.2. The number of ether oxygens (including phenoxy) is 1. The van der Waals surface area contributed by atoms with Gasteiger partial charge in [-0.2, -0.15) is 0 Å². The van der Waals surface area contributed by atoms with E-state index in [1.54, 1.807) is 30.3 Å². The molecule has 2 N–H and O–H groups in total. The van der Waals surface area contributed by atoms with Gasteiger partial charge in [-0.15, -0.1) is 0 Å². The normalized spacial score (nSPS) is 10.3. The number of anilines is 1. The largest absolute Gasteiger partial charge is 0.504 e. The van der Waals surface area contributed by atoms with E-state index in [9.17, 15) is 5.11 Å². The molecule has 19 heavy (non-hydrogen) atoms. The fourth-order valence-electron chi connectivity index (χ4n) is 1.73. The van der Waals surface area contributed by atoms with Crippen LogP contribution in [-0.2, 0) is 6.54 Å². The van der Waals surface area contributed by atoms with E-state index in [0.717, 1.165) is 0 Å². The molecule has 0 saturated heterocycles. The highest BCUT2D eigenvalue weighted by molar-refractivity contribution is 6.39. The first-order valence-corrected chi connectivity index (χ1v) is 6.42. The van der Waals surface area contributed by atoms with Crippen LogP contribution in [0.1, 0.15) is 5.56 Å². The highest BCUT2D eigenvalue weighted by Crippen LogP contribution is 2.33. The Morgan fingerprint density at radius 1 is 1.11 bits per heavy atom. The molecule has 2 rings (SSSR count). The number of benzene rings is 2. The summed E-state index contributed by atoms with van der Waals surface area (Å²) < 4.78 is 5.06. The molecule has 5 heteroatoms. The number of methoxy groups -OCH3 is 1. The zero-order valence-corrected chi connectivity index (χ0v) is 11.8. The molecule has 2 aromatic rings. The number of nitrogens with one attached hydrogen (secondary N) is 1. The number of halogens is 2. The summed E-state index contributed by atoms with van der Waals surface area (Å²) in [5.74, 6) is 0.547. The van der Waals surface area contributed by atoms with Gasteiger partial charge in [0.15, 0.2) is 11.5 Å². The van der Waals surface area contributed by atoms with Gasteiger partial charge in [0, 0.05) is 12.1 Å². The van der Waals surface area contributed by atoms with E-state index >= 15 is 0 Å². The van der Waals surface area contributed by atoms with E-state index in [1.807, 2.05) is 6.07 Å². The number of hydrogen-bond acceptors (Lipinski definition) is 3. The van der Waals surface area contributed by atoms with Crippen LogP contribution in [0.3, 0.4) is 0 Å². The van der Waals surface area contributed by atoms with Gasteiger partial charge in [-0.3, -0.25) is 0 Å². The van der Waals surface area contributed by atoms with Crippen LogP contribution in [0.15, 0.2) is 36.4 Å². The molecule has 2 aromatic carbocycles. The number of para-hydroxylation sites is 2. The van der Waals surface area contributed by atoms with Gasteiger partial charge in [-0.05, 0) is 18.2 Å². The van der Waals surface area contributed by atoms with Gasteiger partial charge >= 0.3 is 0 Å². The van der Waals surface area contributed by atoms with Crippen LogP contribution in [0.25, 0.3) is 0 Å². The molecule has 0 aliphatic carbocycles. The fourth-order valence-corrected chi connectivity index (χ4v) is 2.26. The van der Waals surface area contributed by atoms with Crippen molar-refractivity contribution in [1.82, 2.24) is 0 Å². The van der Waals surface area contributed by atoms with Crippen molar-refractivity contribution < 1.29 is 9.84 Å². The third-order valence-electron chi connectivity index (χ3n) is 2.72. The van der Waals surface area contributed by atoms with Crippen molar-refractivity contribution in [3.8, 4) is 11.5 Å². The maximum atomic E-state index is 9.97. The highest BCUT2D eigenvalue weighted by atomic mass is 35.5. The molecule has 0 aliphatic rings. The van der Waals surface area contributed by atoms with Gasteiger partial charge in [0.05, 0.1) is 22.8 Å². The van der Waals surface area contributed by atoms with Crippen molar-refractivity contribution in [2.75, 3.05) is 12.4 Å². The zero-order chi connectivity index (χ0) is 13.8. The maximum absolute atomic E-state index is 9.97. The second-order valence-electron chi connectivity index (χ2n) is 3.92. The Morgan fingerprint density at radius 3 is 2.37 bits per heavy atom. The van der Waals surface area contributed by atoms with Crippen molar-refractivity contribution in [2.45, 2.75) is 6.54 Å². The van der Waals surface area contributed by atoms with Crippen LogP contribution < -0.4 is 10.1 Å². The summed E-state index contributed by atoms with van der Waals surface area (Å²) in [4.78, 5) is 0. The van der Waals surface area contributed by atoms with E-state index in [0.29, 0.717) is 33.6 Å². The topological polar surface area (TPSA) is 41.5 Å². The molecular weight excluding hydrogens is 285 g/mol. The second kappa shape index (κ2) is 6.04. The van der Waals surface area contributed by atoms with Crippen LogP contribution in [0.2, 0.25) is 10.0 Å². The molecule has 0 bridgehead atoms. The van der Waals surface area contributed by atoms with Crippen molar-refractivity contribution in [3.63, 3.8) is 0 Å². The highest BCUT2D eigenvalue weighted by Gasteiger charge is 2.09. The van der Waals surface area contributed by atoms with E-state index in [4.69, 9.17) is 27.9 Å². The van der Waals surface area contributed by atoms with E-state index in [1.165, 1.54) is 7.11 Å². The Bertz CT molecular complexity index is 567. The Balaban J connectivity index is 2.19. The summed E-state index contributed by atoms with van der Waals surface area (Å²) in [6.45, 7) is 0.395. The van der Waals surface area contributed by atoms with Crippen LogP contribution in [-0.4, -0.2) is 12.2 Å². The second-order valence-corrected chi connectivity index (χ2v) is 4.73. The Kier molecular flexibility index (Phi) is 4.40. The number of aromatic hydroxyl groups is 1. The van der Waals surface area contributed by atoms with Crippen molar-refractivity contribution in [1.29, 1.82) is 0 Å². The molecule has 0 aliphatic heterocycles. The van der Waals surface area contributed by atoms with Crippen molar-refractivity contribution in [2.24, 2.45) is 0 Å². The lowest BCUT2D eigenvalue weighted by Crippen LogP contribution is -2.01. The Hall–Kier alpha value is -1.58. The summed E-state index contributed by atoms with van der Waals surface area (Å²) >= 11 is 12.1. The van der Waals surface area contributed by atoms with Crippen LogP contribution in [0, 0.1) is 0 Å². The molecular formula is C14H13Cl2NO2. The first-order chi connectivity index (χ1) is 9.13. The fraction of sp³-hybridized carbons (Fsp3) is 0.143. The van der Waals surface area contributed by atoms with Crippen LogP contribution in [0.5, 0.6) is 11.5 Å². The third-order valence-corrected chi connectivity index (χ3v) is 3.35. The standard InChI is InChI=1S/C14H13Cl2NO2/c1-19-12-7-2-4-9(14(12)18)8-17-13-10(15)5-3-6-11(13)16/h2-7,17-18H,8H2,1H3. The molecule has 0 heterocycles.